The lowest BCUT2D eigenvalue weighted by molar-refractivity contribution is 0.355. The molecular weight excluding hydrogens is 361 g/mol. The highest BCUT2D eigenvalue weighted by molar-refractivity contribution is 9.10. The average molecular weight is 375 g/mol. The third-order valence-electron chi connectivity index (χ3n) is 2.94. The van der Waals surface area contributed by atoms with Crippen LogP contribution in [0.15, 0.2) is 34.8 Å². The molecule has 0 radical (unpaired) electrons. The number of benzene rings is 2. The van der Waals surface area contributed by atoms with E-state index < -0.39 is 0 Å². The largest absolute Gasteiger partial charge is 0.493 e. The Balaban J connectivity index is 2.17. The van der Waals surface area contributed by atoms with Gasteiger partial charge in [0.25, 0.3) is 0 Å². The summed E-state index contributed by atoms with van der Waals surface area (Å²) in [4.78, 5) is 0. The summed E-state index contributed by atoms with van der Waals surface area (Å²) < 4.78 is 24.0. The van der Waals surface area contributed by atoms with Crippen molar-refractivity contribution in [2.75, 3.05) is 19.5 Å². The van der Waals surface area contributed by atoms with E-state index in [4.69, 9.17) is 21.1 Å². The molecule has 2 aromatic carbocycles. The Hall–Kier alpha value is -1.46. The Morgan fingerprint density at radius 3 is 2.43 bits per heavy atom. The van der Waals surface area contributed by atoms with Gasteiger partial charge in [0, 0.05) is 18.7 Å². The normalized spacial score (nSPS) is 10.3. The van der Waals surface area contributed by atoms with Crippen molar-refractivity contribution < 1.29 is 13.9 Å². The first kappa shape index (κ1) is 15.9. The Kier molecular flexibility index (Phi) is 5.31. The van der Waals surface area contributed by atoms with Gasteiger partial charge in [-0.15, -0.1) is 0 Å². The number of hydrogen-bond acceptors (Lipinski definition) is 3. The third kappa shape index (κ3) is 3.80. The topological polar surface area (TPSA) is 30.5 Å². The standard InChI is InChI=1S/C15H14BrClFNO2/c1-20-14-6-11(17)13(7-15(14)21-2)19-8-9-3-4-12(18)10(16)5-9/h3-7,19H,8H2,1-2H3. The molecule has 2 rings (SSSR count). The van der Waals surface area contributed by atoms with Crippen LogP contribution >= 0.6 is 27.5 Å². The number of methoxy groups -OCH3 is 2. The van der Waals surface area contributed by atoms with E-state index in [0.29, 0.717) is 27.5 Å². The zero-order valence-corrected chi connectivity index (χ0v) is 13.9. The second kappa shape index (κ2) is 7.00. The van der Waals surface area contributed by atoms with Crippen molar-refractivity contribution in [3.05, 3.63) is 51.2 Å². The molecule has 2 aromatic rings. The van der Waals surface area contributed by atoms with Crippen molar-refractivity contribution in [3.63, 3.8) is 0 Å². The summed E-state index contributed by atoms with van der Waals surface area (Å²) >= 11 is 9.36. The fourth-order valence-electron chi connectivity index (χ4n) is 1.84. The molecule has 0 aliphatic rings. The van der Waals surface area contributed by atoms with Crippen LogP contribution in [0.1, 0.15) is 5.56 Å². The zero-order chi connectivity index (χ0) is 15.4. The van der Waals surface area contributed by atoms with Crippen LogP contribution in [-0.4, -0.2) is 14.2 Å². The Morgan fingerprint density at radius 2 is 1.81 bits per heavy atom. The molecule has 3 nitrogen and oxygen atoms in total. The summed E-state index contributed by atoms with van der Waals surface area (Å²) in [6, 6.07) is 8.29. The van der Waals surface area contributed by atoms with Gasteiger partial charge in [-0.1, -0.05) is 17.7 Å². The van der Waals surface area contributed by atoms with Crippen LogP contribution in [0.25, 0.3) is 0 Å². The molecule has 6 heteroatoms. The van der Waals surface area contributed by atoms with Gasteiger partial charge in [-0.05, 0) is 33.6 Å². The Morgan fingerprint density at radius 1 is 1.14 bits per heavy atom. The lowest BCUT2D eigenvalue weighted by Gasteiger charge is -2.13. The predicted octanol–water partition coefficient (Wildman–Crippen LogP) is 4.87. The van der Waals surface area contributed by atoms with Crippen LogP contribution in [0.5, 0.6) is 11.5 Å². The molecular formula is C15H14BrClFNO2. The molecule has 0 atom stereocenters. The summed E-state index contributed by atoms with van der Waals surface area (Å²) in [5.74, 6) is 0.866. The average Bonchev–Trinajstić information content (AvgIpc) is 2.49. The van der Waals surface area contributed by atoms with E-state index in [1.54, 1.807) is 38.5 Å². The van der Waals surface area contributed by atoms with E-state index in [2.05, 4.69) is 21.2 Å². The van der Waals surface area contributed by atoms with E-state index in [1.807, 2.05) is 0 Å². The maximum absolute atomic E-state index is 13.2. The van der Waals surface area contributed by atoms with Crippen molar-refractivity contribution >= 4 is 33.2 Å². The van der Waals surface area contributed by atoms with Crippen LogP contribution < -0.4 is 14.8 Å². The maximum Gasteiger partial charge on any atom is 0.162 e. The minimum absolute atomic E-state index is 0.289. The summed E-state index contributed by atoms with van der Waals surface area (Å²) in [5, 5.41) is 3.71. The molecule has 0 bridgehead atoms. The van der Waals surface area contributed by atoms with Gasteiger partial charge in [0.05, 0.1) is 29.4 Å². The number of rotatable bonds is 5. The summed E-state index contributed by atoms with van der Waals surface area (Å²) in [6.07, 6.45) is 0. The maximum atomic E-state index is 13.2. The van der Waals surface area contributed by atoms with Crippen molar-refractivity contribution in [2.24, 2.45) is 0 Å². The van der Waals surface area contributed by atoms with Gasteiger partial charge in [0.15, 0.2) is 11.5 Å². The zero-order valence-electron chi connectivity index (χ0n) is 11.5. The van der Waals surface area contributed by atoms with Gasteiger partial charge < -0.3 is 14.8 Å². The molecule has 0 aliphatic carbocycles. The van der Waals surface area contributed by atoms with E-state index in [-0.39, 0.29) is 5.82 Å². The van der Waals surface area contributed by atoms with Gasteiger partial charge in [0.1, 0.15) is 5.82 Å². The van der Waals surface area contributed by atoms with E-state index in [9.17, 15) is 4.39 Å². The Labute approximate surface area is 136 Å². The van der Waals surface area contributed by atoms with Gasteiger partial charge in [-0.25, -0.2) is 4.39 Å². The molecule has 0 amide bonds. The Bertz CT molecular complexity index is 652. The van der Waals surface area contributed by atoms with Crippen molar-refractivity contribution in [2.45, 2.75) is 6.54 Å². The highest BCUT2D eigenvalue weighted by Gasteiger charge is 2.10. The molecule has 0 saturated carbocycles. The highest BCUT2D eigenvalue weighted by Crippen LogP contribution is 2.36. The molecule has 0 saturated heterocycles. The predicted molar refractivity (Wildman–Crippen MR) is 86.0 cm³/mol. The SMILES string of the molecule is COc1cc(Cl)c(NCc2ccc(F)c(Br)c2)cc1OC. The molecule has 1 N–H and O–H groups in total. The molecule has 0 fully saturated rings. The molecule has 0 aromatic heterocycles. The fourth-order valence-corrected chi connectivity index (χ4v) is 2.48. The molecule has 0 aliphatic heterocycles. The summed E-state index contributed by atoms with van der Waals surface area (Å²) in [5.41, 5.74) is 1.64. The van der Waals surface area contributed by atoms with Crippen LogP contribution in [0.4, 0.5) is 10.1 Å². The van der Waals surface area contributed by atoms with Crippen LogP contribution in [-0.2, 0) is 6.54 Å². The first-order valence-electron chi connectivity index (χ1n) is 6.14. The first-order valence-corrected chi connectivity index (χ1v) is 7.31. The second-order valence-electron chi connectivity index (χ2n) is 4.29. The van der Waals surface area contributed by atoms with Gasteiger partial charge in [-0.3, -0.25) is 0 Å². The molecule has 21 heavy (non-hydrogen) atoms. The minimum atomic E-state index is -0.289. The lowest BCUT2D eigenvalue weighted by Crippen LogP contribution is -2.01. The smallest absolute Gasteiger partial charge is 0.162 e. The molecule has 0 unspecified atom stereocenters. The quantitative estimate of drug-likeness (QED) is 0.810. The van der Waals surface area contributed by atoms with E-state index in [1.165, 1.54) is 6.07 Å². The van der Waals surface area contributed by atoms with Crippen molar-refractivity contribution in [1.29, 1.82) is 0 Å². The third-order valence-corrected chi connectivity index (χ3v) is 3.86. The lowest BCUT2D eigenvalue weighted by atomic mass is 10.2. The van der Waals surface area contributed by atoms with Crippen LogP contribution in [0.2, 0.25) is 5.02 Å². The van der Waals surface area contributed by atoms with Crippen LogP contribution in [0, 0.1) is 5.82 Å². The second-order valence-corrected chi connectivity index (χ2v) is 5.55. The molecule has 112 valence electrons. The number of halogens is 3. The number of hydrogen-bond donors (Lipinski definition) is 1. The van der Waals surface area contributed by atoms with Crippen molar-refractivity contribution in [3.8, 4) is 11.5 Å². The number of ether oxygens (including phenoxy) is 2. The minimum Gasteiger partial charge on any atom is -0.493 e. The van der Waals surface area contributed by atoms with E-state index >= 15 is 0 Å². The summed E-state index contributed by atoms with van der Waals surface area (Å²) in [7, 11) is 3.12. The highest BCUT2D eigenvalue weighted by atomic mass is 79.9. The first-order chi connectivity index (χ1) is 10.0. The number of anilines is 1. The molecule has 0 spiro atoms. The fraction of sp³-hybridized carbons (Fsp3) is 0.200. The molecule has 0 heterocycles. The summed E-state index contributed by atoms with van der Waals surface area (Å²) in [6.45, 7) is 0.508. The van der Waals surface area contributed by atoms with Gasteiger partial charge in [-0.2, -0.15) is 0 Å². The monoisotopic (exact) mass is 373 g/mol. The van der Waals surface area contributed by atoms with Gasteiger partial charge in [0.2, 0.25) is 0 Å². The van der Waals surface area contributed by atoms with Crippen molar-refractivity contribution in [1.82, 2.24) is 0 Å². The van der Waals surface area contributed by atoms with Gasteiger partial charge >= 0.3 is 0 Å². The van der Waals surface area contributed by atoms with Crippen LogP contribution in [0.3, 0.4) is 0 Å². The van der Waals surface area contributed by atoms with E-state index in [0.717, 1.165) is 11.3 Å². The number of nitrogens with one attached hydrogen (secondary N) is 1.